The Morgan fingerprint density at radius 2 is 1.68 bits per heavy atom. The molecule has 1 amide bonds. The molecule has 0 spiro atoms. The van der Waals surface area contributed by atoms with Crippen molar-refractivity contribution in [2.75, 3.05) is 6.61 Å². The smallest absolute Gasteiger partial charge is 0.343 e. The van der Waals surface area contributed by atoms with Gasteiger partial charge in [-0.05, 0) is 60.2 Å². The van der Waals surface area contributed by atoms with Crippen LogP contribution in [0.1, 0.15) is 33.2 Å². The fourth-order valence-corrected chi connectivity index (χ4v) is 3.37. The maximum Gasteiger partial charge on any atom is 0.343 e. The third kappa shape index (κ3) is 5.10. The minimum atomic E-state index is -0.692. The Labute approximate surface area is 195 Å². The molecule has 4 aromatic rings. The maximum absolute atomic E-state index is 13.9. The van der Waals surface area contributed by atoms with Crippen LogP contribution in [0.2, 0.25) is 0 Å². The minimum absolute atomic E-state index is 0.125. The number of halogens is 1. The Morgan fingerprint density at radius 3 is 2.44 bits per heavy atom. The molecule has 4 rings (SSSR count). The van der Waals surface area contributed by atoms with Crippen molar-refractivity contribution in [3.05, 3.63) is 107 Å². The quantitative estimate of drug-likeness (QED) is 0.176. The van der Waals surface area contributed by atoms with Gasteiger partial charge in [0, 0.05) is 5.56 Å². The van der Waals surface area contributed by atoms with Gasteiger partial charge in [-0.25, -0.2) is 14.6 Å². The molecule has 0 fully saturated rings. The summed E-state index contributed by atoms with van der Waals surface area (Å²) < 4.78 is 24.9. The molecule has 0 aliphatic carbocycles. The molecule has 1 N–H and O–H groups in total. The Balaban J connectivity index is 1.60. The van der Waals surface area contributed by atoms with Gasteiger partial charge in [-0.15, -0.1) is 0 Å². The van der Waals surface area contributed by atoms with Gasteiger partial charge in [0.2, 0.25) is 0 Å². The van der Waals surface area contributed by atoms with Gasteiger partial charge in [0.05, 0.1) is 23.9 Å². The molecule has 170 valence electrons. The first-order valence-electron chi connectivity index (χ1n) is 10.6. The van der Waals surface area contributed by atoms with E-state index in [0.717, 1.165) is 10.8 Å². The molecular weight excluding hydrogens is 435 g/mol. The van der Waals surface area contributed by atoms with E-state index in [0.29, 0.717) is 23.5 Å². The lowest BCUT2D eigenvalue weighted by Gasteiger charge is -2.11. The Hall–Kier alpha value is -4.52. The highest BCUT2D eigenvalue weighted by Crippen LogP contribution is 2.27. The number of carbonyl (C=O) groups is 2. The van der Waals surface area contributed by atoms with Crippen molar-refractivity contribution >= 4 is 28.9 Å². The topological polar surface area (TPSA) is 77.0 Å². The van der Waals surface area contributed by atoms with Crippen molar-refractivity contribution in [3.63, 3.8) is 0 Å². The minimum Gasteiger partial charge on any atom is -0.494 e. The van der Waals surface area contributed by atoms with Gasteiger partial charge in [0.1, 0.15) is 17.3 Å². The van der Waals surface area contributed by atoms with E-state index < -0.39 is 17.7 Å². The van der Waals surface area contributed by atoms with E-state index in [4.69, 9.17) is 9.47 Å². The molecule has 0 bridgehead atoms. The predicted octanol–water partition coefficient (Wildman–Crippen LogP) is 5.36. The molecule has 0 saturated heterocycles. The molecule has 0 saturated carbocycles. The Morgan fingerprint density at radius 1 is 0.941 bits per heavy atom. The Bertz CT molecular complexity index is 1370. The summed E-state index contributed by atoms with van der Waals surface area (Å²) in [6.07, 6.45) is 1.38. The number of hydrogen-bond acceptors (Lipinski definition) is 5. The van der Waals surface area contributed by atoms with Gasteiger partial charge >= 0.3 is 5.97 Å². The third-order valence-corrected chi connectivity index (χ3v) is 5.01. The molecule has 7 heteroatoms. The number of ether oxygens (including phenoxy) is 2. The van der Waals surface area contributed by atoms with Crippen molar-refractivity contribution < 1.29 is 23.5 Å². The van der Waals surface area contributed by atoms with Crippen LogP contribution >= 0.6 is 0 Å². The van der Waals surface area contributed by atoms with Gasteiger partial charge in [0.15, 0.2) is 0 Å². The summed E-state index contributed by atoms with van der Waals surface area (Å²) in [4.78, 5) is 25.0. The molecule has 0 radical (unpaired) electrons. The second kappa shape index (κ2) is 10.4. The number of hydrogen-bond donors (Lipinski definition) is 1. The number of esters is 1. The number of fused-ring (bicyclic) bond motifs is 1. The number of nitrogens with one attached hydrogen (secondary N) is 1. The van der Waals surface area contributed by atoms with E-state index >= 15 is 0 Å². The van der Waals surface area contributed by atoms with Crippen molar-refractivity contribution in [1.29, 1.82) is 0 Å². The highest BCUT2D eigenvalue weighted by molar-refractivity contribution is 6.04. The van der Waals surface area contributed by atoms with Crippen molar-refractivity contribution in [2.45, 2.75) is 6.92 Å². The molecule has 0 atom stereocenters. The zero-order chi connectivity index (χ0) is 23.9. The van der Waals surface area contributed by atoms with Crippen LogP contribution in [0, 0.1) is 5.82 Å². The van der Waals surface area contributed by atoms with Crippen LogP contribution in [0.5, 0.6) is 11.5 Å². The number of carbonyl (C=O) groups excluding carboxylic acids is 2. The van der Waals surface area contributed by atoms with Crippen LogP contribution in [0.15, 0.2) is 90.0 Å². The van der Waals surface area contributed by atoms with E-state index in [2.05, 4.69) is 10.5 Å². The predicted molar refractivity (Wildman–Crippen MR) is 128 cm³/mol. The summed E-state index contributed by atoms with van der Waals surface area (Å²) in [5.41, 5.74) is 3.04. The lowest BCUT2D eigenvalue weighted by Crippen LogP contribution is -2.19. The summed E-state index contributed by atoms with van der Waals surface area (Å²) >= 11 is 0. The monoisotopic (exact) mass is 456 g/mol. The summed E-state index contributed by atoms with van der Waals surface area (Å²) in [7, 11) is 0. The summed E-state index contributed by atoms with van der Waals surface area (Å²) in [5.74, 6) is -0.971. The number of rotatable bonds is 7. The van der Waals surface area contributed by atoms with Gasteiger partial charge in [0.25, 0.3) is 5.91 Å². The Kier molecular flexibility index (Phi) is 6.93. The molecule has 4 aromatic carbocycles. The fourth-order valence-electron chi connectivity index (χ4n) is 3.37. The fraction of sp³-hybridized carbons (Fsp3) is 0.0741. The maximum atomic E-state index is 13.9. The normalized spacial score (nSPS) is 10.9. The van der Waals surface area contributed by atoms with E-state index in [1.807, 2.05) is 37.3 Å². The second-order valence-electron chi connectivity index (χ2n) is 7.22. The lowest BCUT2D eigenvalue weighted by atomic mass is 10.0. The number of amides is 1. The first kappa shape index (κ1) is 22.7. The third-order valence-electron chi connectivity index (χ3n) is 5.01. The highest BCUT2D eigenvalue weighted by Gasteiger charge is 2.14. The van der Waals surface area contributed by atoms with E-state index in [9.17, 15) is 14.0 Å². The zero-order valence-electron chi connectivity index (χ0n) is 18.3. The summed E-state index contributed by atoms with van der Waals surface area (Å²) in [6, 6.07) is 23.2. The molecule has 0 aliphatic heterocycles. The van der Waals surface area contributed by atoms with E-state index in [1.165, 1.54) is 24.4 Å². The van der Waals surface area contributed by atoms with Crippen LogP contribution in [-0.2, 0) is 0 Å². The van der Waals surface area contributed by atoms with Crippen molar-refractivity contribution in [2.24, 2.45) is 5.10 Å². The first-order chi connectivity index (χ1) is 16.6. The van der Waals surface area contributed by atoms with Gasteiger partial charge in [-0.3, -0.25) is 4.79 Å². The molecular formula is C27H21FN2O4. The average Bonchev–Trinajstić information content (AvgIpc) is 2.86. The number of hydrazone groups is 1. The molecule has 34 heavy (non-hydrogen) atoms. The zero-order valence-corrected chi connectivity index (χ0v) is 18.3. The molecule has 0 unspecified atom stereocenters. The molecule has 0 heterocycles. The van der Waals surface area contributed by atoms with Crippen LogP contribution in [0.3, 0.4) is 0 Å². The number of nitrogens with zero attached hydrogens (tertiary/aromatic N) is 1. The van der Waals surface area contributed by atoms with Gasteiger partial charge in [-0.2, -0.15) is 5.10 Å². The van der Waals surface area contributed by atoms with Crippen LogP contribution in [0.25, 0.3) is 10.8 Å². The van der Waals surface area contributed by atoms with Crippen LogP contribution < -0.4 is 14.9 Å². The van der Waals surface area contributed by atoms with Gasteiger partial charge in [-0.1, -0.05) is 42.5 Å². The van der Waals surface area contributed by atoms with Crippen molar-refractivity contribution in [3.8, 4) is 11.5 Å². The standard InChI is InChI=1S/C27H21FN2O4/c1-2-33-20-14-11-19(12-15-20)27(32)34-25-16-13-18-7-3-4-8-21(18)23(25)17-29-30-26(31)22-9-5-6-10-24(22)28/h3-17H,2H2,1H3,(H,30,31)/b29-17-. The lowest BCUT2D eigenvalue weighted by molar-refractivity contribution is 0.0734. The SMILES string of the molecule is CCOc1ccc(C(=O)Oc2ccc3ccccc3c2/C=N\NC(=O)c2ccccc2F)cc1. The highest BCUT2D eigenvalue weighted by atomic mass is 19.1. The van der Waals surface area contributed by atoms with Crippen LogP contribution in [0.4, 0.5) is 4.39 Å². The van der Waals surface area contributed by atoms with E-state index in [-0.39, 0.29) is 11.3 Å². The summed E-state index contributed by atoms with van der Waals surface area (Å²) in [5, 5.41) is 5.64. The van der Waals surface area contributed by atoms with Gasteiger partial charge < -0.3 is 9.47 Å². The number of benzene rings is 4. The largest absolute Gasteiger partial charge is 0.494 e. The molecule has 0 aliphatic rings. The first-order valence-corrected chi connectivity index (χ1v) is 10.6. The second-order valence-corrected chi connectivity index (χ2v) is 7.22. The molecule has 0 aromatic heterocycles. The van der Waals surface area contributed by atoms with Crippen LogP contribution in [-0.4, -0.2) is 24.7 Å². The van der Waals surface area contributed by atoms with Crippen molar-refractivity contribution in [1.82, 2.24) is 5.43 Å². The molecule has 6 nitrogen and oxygen atoms in total. The average molecular weight is 456 g/mol. The summed E-state index contributed by atoms with van der Waals surface area (Å²) in [6.45, 7) is 2.40. The van der Waals surface area contributed by atoms with E-state index in [1.54, 1.807) is 36.4 Å².